The van der Waals surface area contributed by atoms with Gasteiger partial charge in [-0.05, 0) is 32.1 Å². The number of carboxylic acid groups (broad SMARTS) is 1. The van der Waals surface area contributed by atoms with Crippen LogP contribution in [-0.4, -0.2) is 59.9 Å². The lowest BCUT2D eigenvalue weighted by atomic mass is 10.1. The van der Waals surface area contributed by atoms with Gasteiger partial charge in [-0.3, -0.25) is 23.4 Å². The molecule has 0 rings (SSSR count). The molecule has 0 aliphatic heterocycles. The smallest absolute Gasteiger partial charge is 0.472 e. The first-order valence-corrected chi connectivity index (χ1v) is 15.2. The van der Waals surface area contributed by atoms with Gasteiger partial charge in [0.15, 0.2) is 6.10 Å². The molecule has 0 spiro atoms. The second kappa shape index (κ2) is 23.1. The minimum Gasteiger partial charge on any atom is -0.480 e. The van der Waals surface area contributed by atoms with E-state index in [4.69, 9.17) is 24.8 Å². The molecule has 0 aromatic rings. The highest BCUT2D eigenvalue weighted by molar-refractivity contribution is 7.47. The van der Waals surface area contributed by atoms with Crippen molar-refractivity contribution in [3.63, 3.8) is 0 Å². The van der Waals surface area contributed by atoms with E-state index in [1.165, 1.54) is 0 Å². The Bertz CT molecular complexity index is 731. The number of phosphoric ester groups is 1. The molecule has 0 aliphatic carbocycles. The van der Waals surface area contributed by atoms with Crippen molar-refractivity contribution < 1.29 is 47.5 Å². The van der Waals surface area contributed by atoms with E-state index in [1.807, 2.05) is 0 Å². The van der Waals surface area contributed by atoms with E-state index in [1.54, 1.807) is 0 Å². The first-order chi connectivity index (χ1) is 18.1. The number of unbranched alkanes of at least 4 members (excludes halogenated alkanes) is 9. The molecule has 12 heteroatoms. The number of esters is 2. The van der Waals surface area contributed by atoms with Gasteiger partial charge in [0, 0.05) is 12.8 Å². The van der Waals surface area contributed by atoms with Crippen molar-refractivity contribution in [1.29, 1.82) is 0 Å². The van der Waals surface area contributed by atoms with E-state index in [9.17, 15) is 23.8 Å². The highest BCUT2D eigenvalue weighted by atomic mass is 31.2. The summed E-state index contributed by atoms with van der Waals surface area (Å²) in [5.41, 5.74) is 5.25. The predicted molar refractivity (Wildman–Crippen MR) is 143 cm³/mol. The monoisotopic (exact) mass is 565 g/mol. The van der Waals surface area contributed by atoms with Gasteiger partial charge in [-0.2, -0.15) is 0 Å². The van der Waals surface area contributed by atoms with Crippen LogP contribution >= 0.6 is 7.82 Å². The van der Waals surface area contributed by atoms with Crippen LogP contribution in [0.1, 0.15) is 104 Å². The average Bonchev–Trinajstić information content (AvgIpc) is 2.87. The fraction of sp³-hybridized carbons (Fsp3) is 0.808. The van der Waals surface area contributed by atoms with Crippen LogP contribution in [0.3, 0.4) is 0 Å². The molecule has 3 atom stereocenters. The first-order valence-electron chi connectivity index (χ1n) is 13.7. The van der Waals surface area contributed by atoms with Gasteiger partial charge in [0.05, 0.1) is 13.2 Å². The Morgan fingerprint density at radius 1 is 0.789 bits per heavy atom. The number of hydrogen-bond donors (Lipinski definition) is 3. The Balaban J connectivity index is 4.57. The summed E-state index contributed by atoms with van der Waals surface area (Å²) in [5.74, 6) is -2.42. The van der Waals surface area contributed by atoms with Gasteiger partial charge in [-0.25, -0.2) is 4.57 Å². The quantitative estimate of drug-likeness (QED) is 0.0585. The molecule has 0 aromatic carbocycles. The molecule has 3 unspecified atom stereocenters. The van der Waals surface area contributed by atoms with Crippen LogP contribution in [-0.2, 0) is 37.5 Å². The van der Waals surface area contributed by atoms with Crippen LogP contribution in [0.25, 0.3) is 0 Å². The molecule has 0 heterocycles. The van der Waals surface area contributed by atoms with Gasteiger partial charge in [0.1, 0.15) is 12.6 Å². The van der Waals surface area contributed by atoms with E-state index < -0.39 is 51.1 Å². The second-order valence-corrected chi connectivity index (χ2v) is 10.6. The van der Waals surface area contributed by atoms with Crippen molar-refractivity contribution in [3.05, 3.63) is 12.2 Å². The third-order valence-corrected chi connectivity index (χ3v) is 6.45. The number of rotatable bonds is 25. The summed E-state index contributed by atoms with van der Waals surface area (Å²) in [4.78, 5) is 44.9. The van der Waals surface area contributed by atoms with Crippen molar-refractivity contribution in [3.8, 4) is 0 Å². The van der Waals surface area contributed by atoms with Gasteiger partial charge in [0.2, 0.25) is 0 Å². The lowest BCUT2D eigenvalue weighted by Crippen LogP contribution is -2.34. The van der Waals surface area contributed by atoms with Crippen molar-refractivity contribution >= 4 is 25.7 Å². The molecular formula is C26H48NO10P. The zero-order chi connectivity index (χ0) is 28.7. The Labute approximate surface area is 227 Å². The summed E-state index contributed by atoms with van der Waals surface area (Å²) >= 11 is 0. The highest BCUT2D eigenvalue weighted by Gasteiger charge is 2.28. The van der Waals surface area contributed by atoms with Crippen LogP contribution in [0, 0.1) is 0 Å². The van der Waals surface area contributed by atoms with E-state index in [0.29, 0.717) is 12.8 Å². The van der Waals surface area contributed by atoms with Gasteiger partial charge in [-0.1, -0.05) is 70.9 Å². The summed E-state index contributed by atoms with van der Waals surface area (Å²) in [6.07, 6.45) is 15.2. The molecule has 38 heavy (non-hydrogen) atoms. The summed E-state index contributed by atoms with van der Waals surface area (Å²) in [6, 6.07) is -1.51. The number of carbonyl (C=O) groups excluding carboxylic acids is 2. The minimum absolute atomic E-state index is 0.151. The van der Waals surface area contributed by atoms with Gasteiger partial charge < -0.3 is 25.2 Å². The number of aliphatic carboxylic acids is 1. The third kappa shape index (κ3) is 22.2. The zero-order valence-electron chi connectivity index (χ0n) is 23.0. The van der Waals surface area contributed by atoms with Crippen LogP contribution in [0.5, 0.6) is 0 Å². The summed E-state index contributed by atoms with van der Waals surface area (Å²) in [7, 11) is -4.68. The largest absolute Gasteiger partial charge is 0.480 e. The van der Waals surface area contributed by atoms with E-state index in [2.05, 4.69) is 30.5 Å². The number of carboxylic acids is 1. The Kier molecular flexibility index (Phi) is 22.1. The summed E-state index contributed by atoms with van der Waals surface area (Å²) < 4.78 is 32.0. The topological polar surface area (TPSA) is 172 Å². The Morgan fingerprint density at radius 2 is 1.37 bits per heavy atom. The van der Waals surface area contributed by atoms with E-state index in [0.717, 1.165) is 64.2 Å². The van der Waals surface area contributed by atoms with E-state index >= 15 is 0 Å². The zero-order valence-corrected chi connectivity index (χ0v) is 23.9. The van der Waals surface area contributed by atoms with Crippen LogP contribution in [0.4, 0.5) is 0 Å². The number of ether oxygens (including phenoxy) is 2. The fourth-order valence-corrected chi connectivity index (χ4v) is 4.02. The number of allylic oxidation sites excluding steroid dienone is 2. The standard InChI is InChI=1S/C26H48NO10P/c1-3-5-7-9-10-11-12-13-14-16-18-25(29)37-22(19-34-24(28)17-15-8-6-4-2)20-35-38(32,33)36-21-23(27)26(30)31/h7,9,22-23H,3-6,8,10-21,27H2,1-2H3,(H,30,31)(H,32,33)/b9-7-. The maximum absolute atomic E-state index is 12.3. The second-order valence-electron chi connectivity index (χ2n) is 9.18. The van der Waals surface area contributed by atoms with Gasteiger partial charge >= 0.3 is 25.7 Å². The number of carbonyl (C=O) groups is 3. The normalized spacial score (nSPS) is 14.6. The summed E-state index contributed by atoms with van der Waals surface area (Å²) in [6.45, 7) is 2.52. The molecule has 0 saturated carbocycles. The van der Waals surface area contributed by atoms with Gasteiger partial charge in [-0.15, -0.1) is 0 Å². The SMILES string of the molecule is CCC/C=C\CCCCCCCC(=O)OC(COC(=O)CCCCCC)COP(=O)(O)OCC(N)C(=O)O. The molecule has 0 aliphatic rings. The van der Waals surface area contributed by atoms with Crippen LogP contribution < -0.4 is 5.73 Å². The Morgan fingerprint density at radius 3 is 2.03 bits per heavy atom. The van der Waals surface area contributed by atoms with Crippen molar-refractivity contribution in [2.45, 2.75) is 116 Å². The van der Waals surface area contributed by atoms with Crippen LogP contribution in [0.2, 0.25) is 0 Å². The third-order valence-electron chi connectivity index (χ3n) is 5.49. The minimum atomic E-state index is -4.68. The molecule has 0 bridgehead atoms. The van der Waals surface area contributed by atoms with Crippen molar-refractivity contribution in [2.24, 2.45) is 5.73 Å². The molecule has 0 amide bonds. The molecule has 0 fully saturated rings. The van der Waals surface area contributed by atoms with Gasteiger partial charge in [0.25, 0.3) is 0 Å². The summed E-state index contributed by atoms with van der Waals surface area (Å²) in [5, 5.41) is 8.75. The Hall–Kier alpha value is -1.78. The van der Waals surface area contributed by atoms with E-state index in [-0.39, 0.29) is 19.4 Å². The van der Waals surface area contributed by atoms with Crippen LogP contribution in [0.15, 0.2) is 12.2 Å². The number of hydrogen-bond acceptors (Lipinski definition) is 9. The first kappa shape index (κ1) is 36.2. The molecule has 0 aromatic heterocycles. The molecule has 4 N–H and O–H groups in total. The highest BCUT2D eigenvalue weighted by Crippen LogP contribution is 2.43. The molecular weight excluding hydrogens is 517 g/mol. The maximum atomic E-state index is 12.3. The fourth-order valence-electron chi connectivity index (χ4n) is 3.24. The number of phosphoric acid groups is 1. The van der Waals surface area contributed by atoms with Crippen molar-refractivity contribution in [2.75, 3.05) is 19.8 Å². The molecule has 0 radical (unpaired) electrons. The van der Waals surface area contributed by atoms with Crippen molar-refractivity contribution in [1.82, 2.24) is 0 Å². The lowest BCUT2D eigenvalue weighted by molar-refractivity contribution is -0.161. The number of nitrogens with two attached hydrogens (primary N) is 1. The molecule has 0 saturated heterocycles. The molecule has 222 valence electrons. The molecule has 11 nitrogen and oxygen atoms in total. The lowest BCUT2D eigenvalue weighted by Gasteiger charge is -2.20. The maximum Gasteiger partial charge on any atom is 0.472 e. The average molecular weight is 566 g/mol. The predicted octanol–water partition coefficient (Wildman–Crippen LogP) is 5.04.